The van der Waals surface area contributed by atoms with E-state index >= 15 is 0 Å². The van der Waals surface area contributed by atoms with Crippen molar-refractivity contribution in [2.75, 3.05) is 82.6 Å². The SMILES string of the molecule is CN(C)CCN(C)C.CN(C)CCN(C)C.N#C[O-].N#C[O-].O=C([O-])C(=O)[O-].[Cu+2].[Cu+2]. The number of hydrogen-bond donors (Lipinski definition) is 0. The summed E-state index contributed by atoms with van der Waals surface area (Å²) in [6.07, 6.45) is 1.00. The van der Waals surface area contributed by atoms with Crippen LogP contribution in [-0.2, 0) is 43.7 Å². The zero-order valence-electron chi connectivity index (χ0n) is 18.6. The molecule has 0 unspecified atom stereocenters. The first-order valence-electron chi connectivity index (χ1n) is 7.76. The van der Waals surface area contributed by atoms with E-state index in [1.807, 2.05) is 0 Å². The average Bonchev–Trinajstić information content (AvgIpc) is 2.53. The summed E-state index contributed by atoms with van der Waals surface area (Å²) < 4.78 is 0. The van der Waals surface area contributed by atoms with Crippen molar-refractivity contribution in [2.24, 2.45) is 0 Å². The standard InChI is InChI=1S/2C6H16N2.C2H2O4.2CHNO.2Cu/c2*1-7(2)5-6-8(3)4;3-1(4)2(5)6;2*2-1-3;;/h2*5-6H2,1-4H3;(H,3,4)(H,5,6);2*3H;;/q;;;;;2*+2/p-4. The van der Waals surface area contributed by atoms with Crippen LogP contribution in [0.2, 0.25) is 0 Å². The zero-order chi connectivity index (χ0) is 23.7. The molecule has 0 aromatic heterocycles. The van der Waals surface area contributed by atoms with Crippen molar-refractivity contribution in [1.82, 2.24) is 19.6 Å². The van der Waals surface area contributed by atoms with Crippen molar-refractivity contribution in [3.8, 4) is 12.5 Å². The summed E-state index contributed by atoms with van der Waals surface area (Å²) >= 11 is 0. The molecule has 0 amide bonds. The molecule has 0 saturated carbocycles. The first-order valence-corrected chi connectivity index (χ1v) is 7.76. The number of carbonyl (C=O) groups excluding carboxylic acids is 2. The summed E-state index contributed by atoms with van der Waals surface area (Å²) in [5.74, 6) is -4.37. The van der Waals surface area contributed by atoms with Crippen LogP contribution in [0.3, 0.4) is 0 Å². The van der Waals surface area contributed by atoms with Gasteiger partial charge in [0, 0.05) is 38.7 Å². The third-order valence-corrected chi connectivity index (χ3v) is 2.16. The number of nitrogens with zero attached hydrogens (tertiary/aromatic N) is 6. The summed E-state index contributed by atoms with van der Waals surface area (Å²) in [5.41, 5.74) is 0. The quantitative estimate of drug-likeness (QED) is 0.180. The second kappa shape index (κ2) is 38.1. The molecular weight excluding hydrogens is 499 g/mol. The predicted octanol–water partition coefficient (Wildman–Crippen LogP) is -5.64. The summed E-state index contributed by atoms with van der Waals surface area (Å²) in [6.45, 7) is 4.58. The molecule has 184 valence electrons. The maximum atomic E-state index is 8.93. The van der Waals surface area contributed by atoms with Gasteiger partial charge in [-0.1, -0.05) is 0 Å². The summed E-state index contributed by atoms with van der Waals surface area (Å²) in [6, 6.07) is 0. The topological polar surface area (TPSA) is 187 Å². The Morgan fingerprint density at radius 2 is 0.700 bits per heavy atom. The second-order valence-corrected chi connectivity index (χ2v) is 5.97. The minimum absolute atomic E-state index is 0. The van der Waals surface area contributed by atoms with E-state index in [-0.39, 0.29) is 34.1 Å². The molecule has 0 rings (SSSR count). The third kappa shape index (κ3) is 111. The van der Waals surface area contributed by atoms with Gasteiger partial charge >= 0.3 is 34.1 Å². The van der Waals surface area contributed by atoms with Gasteiger partial charge in [-0.05, 0) is 56.4 Å². The molecule has 0 atom stereocenters. The smallest absolute Gasteiger partial charge is 0.812 e. The Kier molecular flexibility index (Phi) is 59.1. The molecule has 0 aliphatic rings. The van der Waals surface area contributed by atoms with E-state index in [2.05, 4.69) is 76.0 Å². The molecule has 0 aromatic carbocycles. The van der Waals surface area contributed by atoms with Crippen molar-refractivity contribution in [1.29, 1.82) is 10.5 Å². The molecule has 0 aliphatic heterocycles. The van der Waals surface area contributed by atoms with Crippen LogP contribution >= 0.6 is 0 Å². The van der Waals surface area contributed by atoms with Gasteiger partial charge < -0.3 is 49.6 Å². The summed E-state index contributed by atoms with van der Waals surface area (Å²) in [5, 5.41) is 47.9. The van der Waals surface area contributed by atoms with Crippen LogP contribution in [-0.4, -0.2) is 114 Å². The van der Waals surface area contributed by atoms with Crippen LogP contribution in [0, 0.1) is 23.0 Å². The summed E-state index contributed by atoms with van der Waals surface area (Å²) in [7, 11) is 16.7. The largest absolute Gasteiger partial charge is 2.00 e. The maximum Gasteiger partial charge on any atom is 2.00 e. The van der Waals surface area contributed by atoms with Crippen LogP contribution < -0.4 is 20.4 Å². The Hall–Kier alpha value is -1.60. The first-order chi connectivity index (χ1) is 12.7. The number of carboxylic acid groups (broad SMARTS) is 2. The Balaban J connectivity index is -0.0000000457. The normalized spacial score (nSPS) is 7.93. The van der Waals surface area contributed by atoms with Gasteiger partial charge in [-0.3, -0.25) is 0 Å². The number of hydrogen-bond acceptors (Lipinski definition) is 12. The van der Waals surface area contributed by atoms with Gasteiger partial charge in [-0.15, -0.1) is 0 Å². The Labute approximate surface area is 201 Å². The number of carbonyl (C=O) groups is 2. The van der Waals surface area contributed by atoms with E-state index in [0.29, 0.717) is 12.5 Å². The maximum absolute atomic E-state index is 8.93. The fourth-order valence-electron chi connectivity index (χ4n) is 0.800. The molecule has 14 heteroatoms. The van der Waals surface area contributed by atoms with Crippen LogP contribution in [0.1, 0.15) is 0 Å². The number of likely N-dealkylation sites (N-methyl/N-ethyl adjacent to an activating group) is 4. The summed E-state index contributed by atoms with van der Waals surface area (Å²) in [4.78, 5) is 26.6. The van der Waals surface area contributed by atoms with E-state index in [0.717, 1.165) is 26.2 Å². The number of carboxylic acids is 2. The third-order valence-electron chi connectivity index (χ3n) is 2.16. The van der Waals surface area contributed by atoms with E-state index < -0.39 is 11.9 Å². The van der Waals surface area contributed by atoms with E-state index in [1.54, 1.807) is 0 Å². The van der Waals surface area contributed by atoms with Crippen molar-refractivity contribution in [2.45, 2.75) is 0 Å². The Bertz CT molecular complexity index is 385. The van der Waals surface area contributed by atoms with Gasteiger partial charge in [-0.25, -0.2) is 10.5 Å². The van der Waals surface area contributed by atoms with Crippen LogP contribution in [0.15, 0.2) is 0 Å². The molecule has 0 heterocycles. The van der Waals surface area contributed by atoms with Crippen LogP contribution in [0.5, 0.6) is 0 Å². The van der Waals surface area contributed by atoms with Gasteiger partial charge in [0.15, 0.2) is 0 Å². The second-order valence-electron chi connectivity index (χ2n) is 5.97. The van der Waals surface area contributed by atoms with Crippen molar-refractivity contribution in [3.63, 3.8) is 0 Å². The van der Waals surface area contributed by atoms with E-state index in [4.69, 9.17) is 40.5 Å². The Morgan fingerprint density at radius 1 is 0.600 bits per heavy atom. The van der Waals surface area contributed by atoms with Gasteiger partial charge in [-0.2, -0.15) is 0 Å². The van der Waals surface area contributed by atoms with Crippen molar-refractivity contribution < 1.29 is 64.2 Å². The molecule has 0 N–H and O–H groups in total. The molecule has 0 aliphatic carbocycles. The predicted molar refractivity (Wildman–Crippen MR) is 95.5 cm³/mol. The molecule has 0 saturated heterocycles. The number of aliphatic carboxylic acids is 2. The molecule has 30 heavy (non-hydrogen) atoms. The molecule has 2 radical (unpaired) electrons. The number of rotatable bonds is 6. The average molecular weight is 532 g/mol. The monoisotopic (exact) mass is 530 g/mol. The molecule has 0 bridgehead atoms. The van der Waals surface area contributed by atoms with Gasteiger partial charge in [0.05, 0.1) is 11.9 Å². The molecule has 0 fully saturated rings. The minimum atomic E-state index is -2.19. The Morgan fingerprint density at radius 3 is 0.733 bits per heavy atom. The van der Waals surface area contributed by atoms with Gasteiger partial charge in [0.1, 0.15) is 0 Å². The molecular formula is C16H32Cu2N6O6. The fraction of sp³-hybridized carbons (Fsp3) is 0.750. The van der Waals surface area contributed by atoms with Crippen LogP contribution in [0.4, 0.5) is 0 Å². The van der Waals surface area contributed by atoms with E-state index in [1.165, 1.54) is 0 Å². The van der Waals surface area contributed by atoms with Gasteiger partial charge in [0.25, 0.3) is 0 Å². The zero-order valence-corrected chi connectivity index (χ0v) is 20.4. The van der Waals surface area contributed by atoms with E-state index in [9.17, 15) is 0 Å². The minimum Gasteiger partial charge on any atom is -0.812 e. The first kappa shape index (κ1) is 46.6. The molecule has 0 aromatic rings. The van der Waals surface area contributed by atoms with Crippen molar-refractivity contribution in [3.05, 3.63) is 0 Å². The molecule has 0 spiro atoms. The van der Waals surface area contributed by atoms with Crippen LogP contribution in [0.25, 0.3) is 0 Å². The van der Waals surface area contributed by atoms with Crippen molar-refractivity contribution >= 4 is 11.9 Å². The van der Waals surface area contributed by atoms with Gasteiger partial charge in [0.2, 0.25) is 0 Å². The molecule has 12 nitrogen and oxygen atoms in total. The number of nitriles is 2. The fourth-order valence-corrected chi connectivity index (χ4v) is 0.800.